The number of methoxy groups -OCH3 is 1. The van der Waals surface area contributed by atoms with E-state index in [9.17, 15) is 13.2 Å². The summed E-state index contributed by atoms with van der Waals surface area (Å²) in [7, 11) is -2.64. The molecule has 3 rings (SSSR count). The maximum Gasteiger partial charge on any atom is 0.271 e. The Bertz CT molecular complexity index is 1190. The van der Waals surface area contributed by atoms with Gasteiger partial charge in [-0.05, 0) is 79.2 Å². The van der Waals surface area contributed by atoms with Crippen LogP contribution in [0.3, 0.4) is 0 Å². The average Bonchev–Trinajstić information content (AvgIpc) is 2.79. The van der Waals surface area contributed by atoms with E-state index in [4.69, 9.17) is 21.1 Å². The topological polar surface area (TPSA) is 72.9 Å². The van der Waals surface area contributed by atoms with Crippen molar-refractivity contribution in [3.8, 4) is 11.5 Å². The molecule has 1 amide bonds. The lowest BCUT2D eigenvalue weighted by atomic mass is 10.2. The van der Waals surface area contributed by atoms with Gasteiger partial charge in [0.05, 0.1) is 24.3 Å². The fraction of sp³-hybridized carbons (Fsp3) is 0.125. The summed E-state index contributed by atoms with van der Waals surface area (Å²) in [5.74, 6) is 0.524. The summed E-state index contributed by atoms with van der Waals surface area (Å²) in [4.78, 5) is 13.1. The number of sulfonamides is 1. The molecular weight excluding hydrogens is 450 g/mol. The molecule has 8 heteroatoms. The van der Waals surface area contributed by atoms with Crippen molar-refractivity contribution in [2.45, 2.75) is 11.8 Å². The molecule has 0 aliphatic carbocycles. The Balaban J connectivity index is 1.99. The summed E-state index contributed by atoms with van der Waals surface area (Å²) >= 11 is 5.90. The van der Waals surface area contributed by atoms with E-state index in [1.54, 1.807) is 49.6 Å². The van der Waals surface area contributed by atoms with Crippen molar-refractivity contribution in [2.75, 3.05) is 18.0 Å². The van der Waals surface area contributed by atoms with Crippen molar-refractivity contribution in [2.24, 2.45) is 0 Å². The van der Waals surface area contributed by atoms with E-state index in [1.807, 2.05) is 6.92 Å². The van der Waals surface area contributed by atoms with E-state index in [-0.39, 0.29) is 10.6 Å². The molecule has 0 heterocycles. The predicted octanol–water partition coefficient (Wildman–Crippen LogP) is 5.18. The Hall–Kier alpha value is -3.29. The first-order valence-electron chi connectivity index (χ1n) is 9.75. The molecule has 0 aliphatic rings. The van der Waals surface area contributed by atoms with Crippen LogP contribution in [0.4, 0.5) is 5.69 Å². The Morgan fingerprint density at radius 1 is 0.938 bits per heavy atom. The molecule has 166 valence electrons. The summed E-state index contributed by atoms with van der Waals surface area (Å²) in [5.41, 5.74) is 0.905. The first-order valence-corrected chi connectivity index (χ1v) is 11.6. The van der Waals surface area contributed by atoms with Gasteiger partial charge in [0.2, 0.25) is 0 Å². The molecule has 3 aromatic rings. The van der Waals surface area contributed by atoms with E-state index < -0.39 is 15.9 Å². The van der Waals surface area contributed by atoms with Crippen molar-refractivity contribution in [3.05, 3.63) is 89.5 Å². The fourth-order valence-electron chi connectivity index (χ4n) is 2.89. The maximum absolute atomic E-state index is 13.4. The highest BCUT2D eigenvalue weighted by Gasteiger charge is 2.29. The van der Waals surface area contributed by atoms with Crippen LogP contribution in [0, 0.1) is 0 Å². The van der Waals surface area contributed by atoms with E-state index in [0.717, 1.165) is 9.87 Å². The van der Waals surface area contributed by atoms with Gasteiger partial charge >= 0.3 is 0 Å². The molecule has 0 radical (unpaired) electrons. The summed E-state index contributed by atoms with van der Waals surface area (Å²) in [6, 6.07) is 18.9. The number of ether oxygens (including phenoxy) is 2. The second-order valence-electron chi connectivity index (χ2n) is 6.60. The van der Waals surface area contributed by atoms with Gasteiger partial charge in [0.1, 0.15) is 11.5 Å². The SMILES string of the molecule is CCOc1ccc(N(C(=O)/C=C/c2ccc(OC)cc2)S(=O)(=O)c2ccc(Cl)cc2)cc1. The normalized spacial score (nSPS) is 11.3. The van der Waals surface area contributed by atoms with Crippen LogP contribution in [0.2, 0.25) is 5.02 Å². The van der Waals surface area contributed by atoms with Crippen LogP contribution in [0.25, 0.3) is 6.08 Å². The highest BCUT2D eigenvalue weighted by Crippen LogP contribution is 2.27. The minimum atomic E-state index is -4.20. The molecule has 0 aliphatic heterocycles. The van der Waals surface area contributed by atoms with Gasteiger partial charge in [-0.2, -0.15) is 4.31 Å². The van der Waals surface area contributed by atoms with Gasteiger partial charge in [-0.1, -0.05) is 23.7 Å². The monoisotopic (exact) mass is 471 g/mol. The number of carbonyl (C=O) groups excluding carboxylic acids is 1. The second kappa shape index (κ2) is 10.3. The maximum atomic E-state index is 13.4. The molecule has 3 aromatic carbocycles. The number of benzene rings is 3. The first-order chi connectivity index (χ1) is 15.3. The standard InChI is InChI=1S/C24H22ClNO5S/c1-3-31-22-13-9-20(10-14-22)26(32(28,29)23-15-7-19(25)8-16-23)24(27)17-6-18-4-11-21(30-2)12-5-18/h4-17H,3H2,1-2H3/b17-6+. The Labute approximate surface area is 192 Å². The Morgan fingerprint density at radius 2 is 1.53 bits per heavy atom. The van der Waals surface area contributed by atoms with Crippen molar-refractivity contribution in [3.63, 3.8) is 0 Å². The lowest BCUT2D eigenvalue weighted by Crippen LogP contribution is -2.35. The number of rotatable bonds is 8. The molecule has 0 fully saturated rings. The highest BCUT2D eigenvalue weighted by molar-refractivity contribution is 7.93. The zero-order valence-electron chi connectivity index (χ0n) is 17.6. The number of halogens is 1. The van der Waals surface area contributed by atoms with Crippen LogP contribution in [0.5, 0.6) is 11.5 Å². The third kappa shape index (κ3) is 5.49. The lowest BCUT2D eigenvalue weighted by molar-refractivity contribution is -0.113. The minimum absolute atomic E-state index is 0.0537. The summed E-state index contributed by atoms with van der Waals surface area (Å²) in [6.45, 7) is 2.31. The summed E-state index contributed by atoms with van der Waals surface area (Å²) in [6.07, 6.45) is 2.76. The largest absolute Gasteiger partial charge is 0.497 e. The van der Waals surface area contributed by atoms with E-state index in [0.29, 0.717) is 23.1 Å². The minimum Gasteiger partial charge on any atom is -0.497 e. The van der Waals surface area contributed by atoms with Gasteiger partial charge in [0, 0.05) is 11.1 Å². The number of nitrogens with zero attached hydrogens (tertiary/aromatic N) is 1. The molecule has 0 saturated heterocycles. The molecule has 32 heavy (non-hydrogen) atoms. The Morgan fingerprint density at radius 3 is 2.09 bits per heavy atom. The van der Waals surface area contributed by atoms with Gasteiger partial charge in [0.15, 0.2) is 0 Å². The van der Waals surface area contributed by atoms with Gasteiger partial charge in [0.25, 0.3) is 15.9 Å². The second-order valence-corrected chi connectivity index (χ2v) is 8.82. The quantitative estimate of drug-likeness (QED) is 0.423. The van der Waals surface area contributed by atoms with Gasteiger partial charge in [-0.25, -0.2) is 8.42 Å². The Kier molecular flexibility index (Phi) is 7.56. The third-order valence-electron chi connectivity index (χ3n) is 4.47. The van der Waals surface area contributed by atoms with Gasteiger partial charge < -0.3 is 9.47 Å². The zero-order chi connectivity index (χ0) is 23.1. The number of hydrogen-bond acceptors (Lipinski definition) is 5. The molecule has 0 aromatic heterocycles. The van der Waals surface area contributed by atoms with E-state index >= 15 is 0 Å². The summed E-state index contributed by atoms with van der Waals surface area (Å²) < 4.78 is 38.0. The third-order valence-corrected chi connectivity index (χ3v) is 6.46. The molecular formula is C24H22ClNO5S. The fourth-order valence-corrected chi connectivity index (χ4v) is 4.40. The van der Waals surface area contributed by atoms with E-state index in [1.165, 1.54) is 42.5 Å². The van der Waals surface area contributed by atoms with Crippen LogP contribution in [-0.4, -0.2) is 28.0 Å². The van der Waals surface area contributed by atoms with Crippen LogP contribution < -0.4 is 13.8 Å². The zero-order valence-corrected chi connectivity index (χ0v) is 19.1. The number of hydrogen-bond donors (Lipinski definition) is 0. The predicted molar refractivity (Wildman–Crippen MR) is 126 cm³/mol. The molecule has 0 spiro atoms. The van der Waals surface area contributed by atoms with Crippen LogP contribution in [0.15, 0.2) is 83.8 Å². The van der Waals surface area contributed by atoms with Crippen LogP contribution in [-0.2, 0) is 14.8 Å². The number of amides is 1. The van der Waals surface area contributed by atoms with Gasteiger partial charge in [-0.15, -0.1) is 0 Å². The van der Waals surface area contributed by atoms with E-state index in [2.05, 4.69) is 0 Å². The number of anilines is 1. The summed E-state index contributed by atoms with van der Waals surface area (Å²) in [5, 5.41) is 0.391. The number of carbonyl (C=O) groups is 1. The molecule has 0 N–H and O–H groups in total. The molecule has 0 atom stereocenters. The van der Waals surface area contributed by atoms with Crippen LogP contribution >= 0.6 is 11.6 Å². The average molecular weight is 472 g/mol. The molecule has 0 bridgehead atoms. The highest BCUT2D eigenvalue weighted by atomic mass is 35.5. The van der Waals surface area contributed by atoms with Crippen molar-refractivity contribution >= 4 is 39.3 Å². The van der Waals surface area contributed by atoms with Crippen molar-refractivity contribution < 1.29 is 22.7 Å². The first kappa shape index (κ1) is 23.4. The molecule has 0 saturated carbocycles. The lowest BCUT2D eigenvalue weighted by Gasteiger charge is -2.21. The van der Waals surface area contributed by atoms with Crippen molar-refractivity contribution in [1.82, 2.24) is 0 Å². The van der Waals surface area contributed by atoms with Crippen LogP contribution in [0.1, 0.15) is 12.5 Å². The molecule has 0 unspecified atom stereocenters. The van der Waals surface area contributed by atoms with Crippen molar-refractivity contribution in [1.29, 1.82) is 0 Å². The molecule has 6 nitrogen and oxygen atoms in total. The van der Waals surface area contributed by atoms with Gasteiger partial charge in [-0.3, -0.25) is 4.79 Å². The smallest absolute Gasteiger partial charge is 0.271 e.